The molecule has 0 aliphatic carbocycles. The Kier molecular flexibility index (Phi) is 3.59. The molecule has 3 aromatic rings. The number of benzene rings is 2. The van der Waals surface area contributed by atoms with Crippen molar-refractivity contribution in [2.24, 2.45) is 0 Å². The molecule has 108 valence electrons. The topological polar surface area (TPSA) is 53.1 Å². The first-order valence-electron chi connectivity index (χ1n) is 6.67. The van der Waals surface area contributed by atoms with Crippen LogP contribution in [-0.2, 0) is 0 Å². The number of imidazole rings is 1. The molecular formula is C16H16BrN3O. The molecule has 1 heterocycles. The van der Waals surface area contributed by atoms with Gasteiger partial charge in [0.05, 0.1) is 18.7 Å². The van der Waals surface area contributed by atoms with Gasteiger partial charge in [-0.3, -0.25) is 0 Å². The van der Waals surface area contributed by atoms with Crippen molar-refractivity contribution in [2.75, 3.05) is 12.8 Å². The van der Waals surface area contributed by atoms with Crippen molar-refractivity contribution in [3.63, 3.8) is 0 Å². The maximum Gasteiger partial charge on any atom is 0.201 e. The molecule has 2 N–H and O–H groups in total. The summed E-state index contributed by atoms with van der Waals surface area (Å²) in [5.41, 5.74) is 9.07. The lowest BCUT2D eigenvalue weighted by Crippen LogP contribution is -2.10. The van der Waals surface area contributed by atoms with E-state index in [4.69, 9.17) is 10.5 Å². The summed E-state index contributed by atoms with van der Waals surface area (Å²) in [5.74, 6) is 1.23. The van der Waals surface area contributed by atoms with E-state index in [1.54, 1.807) is 7.11 Å². The Bertz CT molecular complexity index is 780. The van der Waals surface area contributed by atoms with E-state index in [-0.39, 0.29) is 6.04 Å². The molecule has 5 heteroatoms. The average molecular weight is 346 g/mol. The maximum absolute atomic E-state index is 6.13. The summed E-state index contributed by atoms with van der Waals surface area (Å²) in [5, 5.41) is 0. The second-order valence-corrected chi connectivity index (χ2v) is 5.81. The van der Waals surface area contributed by atoms with Crippen molar-refractivity contribution in [1.82, 2.24) is 9.55 Å². The van der Waals surface area contributed by atoms with Crippen LogP contribution in [0.2, 0.25) is 0 Å². The zero-order valence-corrected chi connectivity index (χ0v) is 13.5. The van der Waals surface area contributed by atoms with E-state index in [1.165, 1.54) is 5.56 Å². The van der Waals surface area contributed by atoms with E-state index in [0.717, 1.165) is 21.3 Å². The number of nitrogens with zero attached hydrogens (tertiary/aromatic N) is 2. The van der Waals surface area contributed by atoms with Gasteiger partial charge in [-0.1, -0.05) is 34.1 Å². The van der Waals surface area contributed by atoms with E-state index in [0.29, 0.717) is 5.95 Å². The number of nitrogen functional groups attached to an aromatic ring is 1. The highest BCUT2D eigenvalue weighted by molar-refractivity contribution is 9.10. The summed E-state index contributed by atoms with van der Waals surface area (Å²) in [6, 6.07) is 14.2. The Hall–Kier alpha value is -2.01. The van der Waals surface area contributed by atoms with Gasteiger partial charge in [0.15, 0.2) is 0 Å². The molecule has 3 rings (SSSR count). The van der Waals surface area contributed by atoms with Crippen LogP contribution in [0, 0.1) is 0 Å². The first-order valence-corrected chi connectivity index (χ1v) is 7.47. The molecular weight excluding hydrogens is 330 g/mol. The molecule has 21 heavy (non-hydrogen) atoms. The Balaban J connectivity index is 2.15. The molecule has 0 saturated carbocycles. The van der Waals surface area contributed by atoms with Gasteiger partial charge in [0.1, 0.15) is 11.3 Å². The number of nitrogens with two attached hydrogens (primary N) is 1. The van der Waals surface area contributed by atoms with E-state index in [2.05, 4.69) is 40.0 Å². The molecule has 0 saturated heterocycles. The summed E-state index contributed by atoms with van der Waals surface area (Å²) in [7, 11) is 1.64. The largest absolute Gasteiger partial charge is 0.494 e. The fourth-order valence-electron chi connectivity index (χ4n) is 2.57. The second kappa shape index (κ2) is 5.41. The highest BCUT2D eigenvalue weighted by Gasteiger charge is 2.17. The lowest BCUT2D eigenvalue weighted by Gasteiger charge is -2.16. The molecule has 0 fully saturated rings. The number of anilines is 1. The van der Waals surface area contributed by atoms with Crippen LogP contribution in [0.4, 0.5) is 5.95 Å². The zero-order valence-electron chi connectivity index (χ0n) is 11.9. The van der Waals surface area contributed by atoms with E-state index >= 15 is 0 Å². The Morgan fingerprint density at radius 2 is 1.90 bits per heavy atom. The minimum atomic E-state index is 0.0928. The smallest absolute Gasteiger partial charge is 0.201 e. The van der Waals surface area contributed by atoms with Crippen LogP contribution >= 0.6 is 15.9 Å². The monoisotopic (exact) mass is 345 g/mol. The third-order valence-corrected chi connectivity index (χ3v) is 4.20. The first-order chi connectivity index (χ1) is 10.1. The number of rotatable bonds is 3. The van der Waals surface area contributed by atoms with Crippen LogP contribution in [0.15, 0.2) is 46.9 Å². The number of halogens is 1. The number of hydrogen-bond donors (Lipinski definition) is 1. The number of para-hydroxylation sites is 1. The van der Waals surface area contributed by atoms with E-state index in [9.17, 15) is 0 Å². The summed E-state index contributed by atoms with van der Waals surface area (Å²) < 4.78 is 8.45. The van der Waals surface area contributed by atoms with Crippen molar-refractivity contribution < 1.29 is 4.74 Å². The van der Waals surface area contributed by atoms with Crippen LogP contribution in [0.25, 0.3) is 11.0 Å². The molecule has 4 nitrogen and oxygen atoms in total. The van der Waals surface area contributed by atoms with Gasteiger partial charge in [0.2, 0.25) is 5.95 Å². The highest BCUT2D eigenvalue weighted by Crippen LogP contribution is 2.32. The van der Waals surface area contributed by atoms with Crippen molar-refractivity contribution >= 4 is 32.9 Å². The van der Waals surface area contributed by atoms with Crippen LogP contribution in [-0.4, -0.2) is 16.7 Å². The van der Waals surface area contributed by atoms with Crippen molar-refractivity contribution in [1.29, 1.82) is 0 Å². The molecule has 0 bridgehead atoms. The maximum atomic E-state index is 6.13. The summed E-state index contributed by atoms with van der Waals surface area (Å²) in [6.45, 7) is 2.11. The Morgan fingerprint density at radius 3 is 2.57 bits per heavy atom. The average Bonchev–Trinajstić information content (AvgIpc) is 2.83. The predicted molar refractivity (Wildman–Crippen MR) is 88.7 cm³/mol. The summed E-state index contributed by atoms with van der Waals surface area (Å²) in [6.07, 6.45) is 0. The van der Waals surface area contributed by atoms with Crippen molar-refractivity contribution in [2.45, 2.75) is 13.0 Å². The molecule has 0 aliphatic rings. The van der Waals surface area contributed by atoms with Crippen molar-refractivity contribution in [3.05, 3.63) is 52.5 Å². The van der Waals surface area contributed by atoms with E-state index < -0.39 is 0 Å². The van der Waals surface area contributed by atoms with Gasteiger partial charge in [0, 0.05) is 4.47 Å². The lowest BCUT2D eigenvalue weighted by molar-refractivity contribution is 0.419. The standard InChI is InChI=1S/C16H16BrN3O/c1-10(11-6-8-12(17)9-7-11)20-13-4-3-5-14(21-2)15(13)19-16(20)18/h3-10H,1-2H3,(H2,18,19). The molecule has 0 amide bonds. The highest BCUT2D eigenvalue weighted by atomic mass is 79.9. The van der Waals surface area contributed by atoms with Gasteiger partial charge in [0.25, 0.3) is 0 Å². The molecule has 1 aromatic heterocycles. The normalized spacial score (nSPS) is 12.5. The molecule has 0 radical (unpaired) electrons. The van der Waals surface area contributed by atoms with Gasteiger partial charge in [-0.2, -0.15) is 0 Å². The molecule has 0 spiro atoms. The number of methoxy groups -OCH3 is 1. The van der Waals surface area contributed by atoms with Gasteiger partial charge in [-0.05, 0) is 36.8 Å². The zero-order chi connectivity index (χ0) is 15.0. The molecule has 1 atom stereocenters. The van der Waals surface area contributed by atoms with Crippen LogP contribution in [0.5, 0.6) is 5.75 Å². The molecule has 2 aromatic carbocycles. The fraction of sp³-hybridized carbons (Fsp3) is 0.188. The minimum Gasteiger partial charge on any atom is -0.494 e. The van der Waals surface area contributed by atoms with Crippen LogP contribution < -0.4 is 10.5 Å². The van der Waals surface area contributed by atoms with Gasteiger partial charge in [-0.25, -0.2) is 4.98 Å². The quantitative estimate of drug-likeness (QED) is 0.780. The summed E-state index contributed by atoms with van der Waals surface area (Å²) in [4.78, 5) is 4.45. The van der Waals surface area contributed by atoms with Gasteiger partial charge < -0.3 is 15.0 Å². The Labute approximate surface area is 131 Å². The number of hydrogen-bond acceptors (Lipinski definition) is 3. The SMILES string of the molecule is COc1cccc2c1nc(N)n2C(C)c1ccc(Br)cc1. The Morgan fingerprint density at radius 1 is 1.19 bits per heavy atom. The number of ether oxygens (including phenoxy) is 1. The minimum absolute atomic E-state index is 0.0928. The van der Waals surface area contributed by atoms with Crippen molar-refractivity contribution in [3.8, 4) is 5.75 Å². The first kappa shape index (κ1) is 13.9. The van der Waals surface area contributed by atoms with Crippen LogP contribution in [0.3, 0.4) is 0 Å². The lowest BCUT2D eigenvalue weighted by atomic mass is 10.1. The molecule has 1 unspecified atom stereocenters. The van der Waals surface area contributed by atoms with Gasteiger partial charge >= 0.3 is 0 Å². The number of fused-ring (bicyclic) bond motifs is 1. The van der Waals surface area contributed by atoms with Crippen LogP contribution in [0.1, 0.15) is 18.5 Å². The third kappa shape index (κ3) is 2.38. The van der Waals surface area contributed by atoms with Gasteiger partial charge in [-0.15, -0.1) is 0 Å². The second-order valence-electron chi connectivity index (χ2n) is 4.90. The number of aromatic nitrogens is 2. The fourth-order valence-corrected chi connectivity index (χ4v) is 2.84. The molecule has 0 aliphatic heterocycles. The summed E-state index contributed by atoms with van der Waals surface area (Å²) >= 11 is 3.46. The third-order valence-electron chi connectivity index (χ3n) is 3.67. The van der Waals surface area contributed by atoms with E-state index in [1.807, 2.05) is 34.9 Å². The predicted octanol–water partition coefficient (Wildman–Crippen LogP) is 4.00.